The van der Waals surface area contributed by atoms with E-state index < -0.39 is 5.82 Å². The Labute approximate surface area is 246 Å². The molecule has 1 unspecified atom stereocenters. The molecule has 5 rings (SSSR count). The summed E-state index contributed by atoms with van der Waals surface area (Å²) in [5.41, 5.74) is 1.84. The quantitative estimate of drug-likeness (QED) is 0.137. The fourth-order valence-electron chi connectivity index (χ4n) is 4.77. The molecule has 0 radical (unpaired) electrons. The molecule has 4 aromatic carbocycles. The molecule has 0 spiro atoms. The molecule has 0 fully saturated rings. The summed E-state index contributed by atoms with van der Waals surface area (Å²) in [5, 5.41) is 7.06. The number of nitrogens with one attached hydrogen (secondary N) is 2. The number of amides is 1. The van der Waals surface area contributed by atoms with E-state index in [-0.39, 0.29) is 17.4 Å². The minimum Gasteiger partial charge on any atom is -0.493 e. The predicted molar refractivity (Wildman–Crippen MR) is 166 cm³/mol. The molecule has 0 bridgehead atoms. The van der Waals surface area contributed by atoms with Crippen LogP contribution in [-0.4, -0.2) is 39.3 Å². The van der Waals surface area contributed by atoms with Gasteiger partial charge in [0.25, 0.3) is 5.91 Å². The van der Waals surface area contributed by atoms with Crippen molar-refractivity contribution in [1.29, 1.82) is 0 Å². The fraction of sp³-hybridized carbons (Fsp3) is 0.212. The third-order valence-corrected chi connectivity index (χ3v) is 8.09. The first-order valence-electron chi connectivity index (χ1n) is 13.5. The molecule has 42 heavy (non-hydrogen) atoms. The summed E-state index contributed by atoms with van der Waals surface area (Å²) in [4.78, 5) is 26.1. The van der Waals surface area contributed by atoms with Gasteiger partial charge in [0.2, 0.25) is 0 Å². The first-order valence-corrected chi connectivity index (χ1v) is 14.3. The summed E-state index contributed by atoms with van der Waals surface area (Å²) in [6.45, 7) is 3.26. The van der Waals surface area contributed by atoms with E-state index in [9.17, 15) is 14.0 Å². The van der Waals surface area contributed by atoms with Crippen molar-refractivity contribution in [3.05, 3.63) is 106 Å². The van der Waals surface area contributed by atoms with E-state index in [1.54, 1.807) is 62.8 Å². The number of hydrogen-bond acceptors (Lipinski definition) is 7. The Morgan fingerprint density at radius 3 is 2.48 bits per heavy atom. The number of hydrogen-bond donors (Lipinski definition) is 2. The molecule has 0 aliphatic heterocycles. The summed E-state index contributed by atoms with van der Waals surface area (Å²) in [5.74, 6) is 1.30. The summed E-state index contributed by atoms with van der Waals surface area (Å²) in [6, 6.07) is 22.4. The number of methoxy groups -OCH3 is 2. The third kappa shape index (κ3) is 6.53. The van der Waals surface area contributed by atoms with Gasteiger partial charge in [0.05, 0.1) is 24.5 Å². The minimum absolute atomic E-state index is 0.233. The van der Waals surface area contributed by atoms with Gasteiger partial charge < -0.3 is 24.8 Å². The molecule has 5 aromatic rings. The first-order chi connectivity index (χ1) is 20.4. The molecular weight excluding hydrogens is 555 g/mol. The van der Waals surface area contributed by atoms with Crippen LogP contribution in [0.2, 0.25) is 0 Å². The number of halogens is 1. The second-order valence-corrected chi connectivity index (χ2v) is 10.9. The normalized spacial score (nSPS) is 11.8. The summed E-state index contributed by atoms with van der Waals surface area (Å²) < 4.78 is 31.5. The lowest BCUT2D eigenvalue weighted by Crippen LogP contribution is -2.31. The number of fused-ring (bicyclic) bond motifs is 2. The van der Waals surface area contributed by atoms with Crippen LogP contribution in [0.5, 0.6) is 17.2 Å². The third-order valence-electron chi connectivity index (χ3n) is 6.87. The van der Waals surface area contributed by atoms with E-state index in [0.29, 0.717) is 61.8 Å². The smallest absolute Gasteiger partial charge is 0.257 e. The van der Waals surface area contributed by atoms with Gasteiger partial charge in [-0.15, -0.1) is 11.3 Å². The molecule has 0 aliphatic carbocycles. The van der Waals surface area contributed by atoms with Gasteiger partial charge in [0.1, 0.15) is 18.2 Å². The summed E-state index contributed by atoms with van der Waals surface area (Å²) in [7, 11) is 3.25. The molecule has 1 amide bonds. The largest absolute Gasteiger partial charge is 0.493 e. The van der Waals surface area contributed by atoms with E-state index in [1.165, 1.54) is 23.5 Å². The van der Waals surface area contributed by atoms with Crippen molar-refractivity contribution in [2.24, 2.45) is 0 Å². The average molecular weight is 587 g/mol. The maximum Gasteiger partial charge on any atom is 0.257 e. The Morgan fingerprint density at radius 1 is 0.929 bits per heavy atom. The van der Waals surface area contributed by atoms with Crippen molar-refractivity contribution in [3.63, 3.8) is 0 Å². The minimum atomic E-state index is -0.468. The predicted octanol–water partition coefficient (Wildman–Crippen LogP) is 6.42. The van der Waals surface area contributed by atoms with E-state index in [4.69, 9.17) is 14.2 Å². The van der Waals surface area contributed by atoms with Gasteiger partial charge in [-0.25, -0.2) is 4.39 Å². The van der Waals surface area contributed by atoms with Crippen LogP contribution in [-0.2, 0) is 6.42 Å². The lowest BCUT2D eigenvalue weighted by Gasteiger charge is -2.16. The molecule has 7 nitrogen and oxygen atoms in total. The Bertz CT molecular complexity index is 1790. The van der Waals surface area contributed by atoms with Crippen LogP contribution in [0.1, 0.15) is 22.8 Å². The Morgan fingerprint density at radius 2 is 1.71 bits per heavy atom. The van der Waals surface area contributed by atoms with Gasteiger partial charge in [-0.1, -0.05) is 12.1 Å². The lowest BCUT2D eigenvalue weighted by molar-refractivity contribution is 0.102. The topological polar surface area (TPSA) is 85.9 Å². The zero-order chi connectivity index (χ0) is 29.6. The second kappa shape index (κ2) is 13.0. The van der Waals surface area contributed by atoms with E-state index in [2.05, 4.69) is 17.6 Å². The Balaban J connectivity index is 1.15. The van der Waals surface area contributed by atoms with Crippen LogP contribution >= 0.6 is 11.3 Å². The molecule has 0 saturated heterocycles. The van der Waals surface area contributed by atoms with Gasteiger partial charge in [-0.2, -0.15) is 0 Å². The van der Waals surface area contributed by atoms with Crippen LogP contribution in [0.4, 0.5) is 10.1 Å². The number of carbonyl (C=O) groups excluding carboxylic acids is 1. The summed E-state index contributed by atoms with van der Waals surface area (Å²) in [6.07, 6.45) is 0.830. The van der Waals surface area contributed by atoms with E-state index in [1.807, 2.05) is 18.2 Å². The zero-order valence-electron chi connectivity index (χ0n) is 23.5. The molecule has 1 heterocycles. The summed E-state index contributed by atoms with van der Waals surface area (Å²) >= 11 is 1.29. The van der Waals surface area contributed by atoms with Gasteiger partial charge in [-0.3, -0.25) is 9.59 Å². The van der Waals surface area contributed by atoms with Crippen molar-refractivity contribution in [3.8, 4) is 17.2 Å². The van der Waals surface area contributed by atoms with E-state index >= 15 is 0 Å². The molecular formula is C33H31FN2O5S. The SMILES string of the molecule is COc1ccc(CC(C)NCCOc2ccc(NC(=O)c3cccc4c(=O)c5cc(F)ccc5sc34)cc2)cc1OC. The molecule has 0 aliphatic rings. The van der Waals surface area contributed by atoms with Crippen molar-refractivity contribution in [1.82, 2.24) is 5.32 Å². The first kappa shape index (κ1) is 29.0. The monoisotopic (exact) mass is 586 g/mol. The fourth-order valence-corrected chi connectivity index (χ4v) is 5.93. The van der Waals surface area contributed by atoms with Crippen molar-refractivity contribution in [2.45, 2.75) is 19.4 Å². The van der Waals surface area contributed by atoms with Gasteiger partial charge >= 0.3 is 0 Å². The highest BCUT2D eigenvalue weighted by Gasteiger charge is 2.15. The molecule has 216 valence electrons. The maximum absolute atomic E-state index is 13.7. The van der Waals surface area contributed by atoms with Crippen LogP contribution in [0.15, 0.2) is 83.7 Å². The van der Waals surface area contributed by atoms with Crippen molar-refractivity contribution >= 4 is 43.1 Å². The zero-order valence-corrected chi connectivity index (χ0v) is 24.3. The lowest BCUT2D eigenvalue weighted by atomic mass is 10.1. The van der Waals surface area contributed by atoms with E-state index in [0.717, 1.165) is 12.0 Å². The molecule has 1 aromatic heterocycles. The van der Waals surface area contributed by atoms with Crippen LogP contribution in [0.25, 0.3) is 20.2 Å². The number of anilines is 1. The molecule has 2 N–H and O–H groups in total. The van der Waals surface area contributed by atoms with Crippen molar-refractivity contribution in [2.75, 3.05) is 32.7 Å². The average Bonchev–Trinajstić information content (AvgIpc) is 3.00. The molecule has 0 saturated carbocycles. The van der Waals surface area contributed by atoms with Crippen LogP contribution < -0.4 is 30.3 Å². The van der Waals surface area contributed by atoms with Crippen LogP contribution in [0.3, 0.4) is 0 Å². The highest BCUT2D eigenvalue weighted by molar-refractivity contribution is 7.24. The number of carbonyl (C=O) groups is 1. The number of ether oxygens (including phenoxy) is 3. The number of rotatable bonds is 11. The van der Waals surface area contributed by atoms with Gasteiger partial charge in [0, 0.05) is 33.7 Å². The highest BCUT2D eigenvalue weighted by atomic mass is 32.1. The highest BCUT2D eigenvalue weighted by Crippen LogP contribution is 2.29. The van der Waals surface area contributed by atoms with Crippen molar-refractivity contribution < 1.29 is 23.4 Å². The maximum atomic E-state index is 13.7. The Kier molecular flexibility index (Phi) is 9.00. The standard InChI is InChI=1S/C33H31FN2O5S/c1-20(17-21-7-13-28(39-2)29(18-21)40-3)35-15-16-41-24-11-9-23(10-12-24)36-33(38)26-6-4-5-25-31(37)27-19-22(34)8-14-30(27)42-32(25)26/h4-14,18-20,35H,15-17H2,1-3H3,(H,36,38). The van der Waals surface area contributed by atoms with Gasteiger partial charge in [0.15, 0.2) is 16.9 Å². The molecule has 9 heteroatoms. The second-order valence-electron chi connectivity index (χ2n) is 9.83. The number of benzene rings is 4. The molecule has 1 atom stereocenters. The van der Waals surface area contributed by atoms with Crippen LogP contribution in [0, 0.1) is 5.82 Å². The Hall–Kier alpha value is -4.47. The van der Waals surface area contributed by atoms with Gasteiger partial charge in [-0.05, 0) is 85.6 Å².